The van der Waals surface area contributed by atoms with Gasteiger partial charge in [-0.1, -0.05) is 24.6 Å². The van der Waals surface area contributed by atoms with E-state index >= 15 is 0 Å². The summed E-state index contributed by atoms with van der Waals surface area (Å²) in [5.74, 6) is 0.0273. The molecule has 6 heteroatoms. The van der Waals surface area contributed by atoms with E-state index in [1.807, 2.05) is 13.0 Å². The van der Waals surface area contributed by atoms with Gasteiger partial charge in [-0.3, -0.25) is 4.79 Å². The Balaban J connectivity index is 2.24. The van der Waals surface area contributed by atoms with Gasteiger partial charge in [0.15, 0.2) is 11.5 Å². The van der Waals surface area contributed by atoms with Crippen LogP contribution < -0.4 is 14.8 Å². The number of nitrogens with one attached hydrogen (secondary N) is 1. The van der Waals surface area contributed by atoms with Gasteiger partial charge in [-0.25, -0.2) is 4.39 Å². The smallest absolute Gasteiger partial charge is 0.254 e. The Hall–Kier alpha value is -2.27. The minimum atomic E-state index is -0.651. The summed E-state index contributed by atoms with van der Waals surface area (Å²) in [6.45, 7) is 1.93. The first kappa shape index (κ1) is 18.1. The molecule has 0 aliphatic heterocycles. The second-order valence-electron chi connectivity index (χ2n) is 5.17. The third-order valence-electron chi connectivity index (χ3n) is 3.70. The maximum absolute atomic E-state index is 13.9. The van der Waals surface area contributed by atoms with E-state index in [1.54, 1.807) is 26.4 Å². The Morgan fingerprint density at radius 2 is 1.88 bits per heavy atom. The van der Waals surface area contributed by atoms with E-state index in [9.17, 15) is 9.18 Å². The zero-order valence-electron chi connectivity index (χ0n) is 13.7. The van der Waals surface area contributed by atoms with Crippen LogP contribution in [0, 0.1) is 5.82 Å². The van der Waals surface area contributed by atoms with Gasteiger partial charge in [-0.2, -0.15) is 0 Å². The Morgan fingerprint density at radius 3 is 2.46 bits per heavy atom. The van der Waals surface area contributed by atoms with Crippen molar-refractivity contribution < 1.29 is 18.7 Å². The minimum absolute atomic E-state index is 0.0432. The minimum Gasteiger partial charge on any atom is -0.493 e. The number of carbonyl (C=O) groups is 1. The summed E-state index contributed by atoms with van der Waals surface area (Å²) >= 11 is 5.72. The van der Waals surface area contributed by atoms with E-state index < -0.39 is 11.7 Å². The number of hydrogen-bond acceptors (Lipinski definition) is 3. The molecule has 2 aromatic rings. The number of amides is 1. The molecule has 0 aromatic heterocycles. The fourth-order valence-electron chi connectivity index (χ4n) is 2.40. The van der Waals surface area contributed by atoms with E-state index in [-0.39, 0.29) is 16.6 Å². The van der Waals surface area contributed by atoms with Crippen LogP contribution in [-0.4, -0.2) is 20.1 Å². The van der Waals surface area contributed by atoms with Crippen molar-refractivity contribution in [2.75, 3.05) is 14.2 Å². The summed E-state index contributed by atoms with van der Waals surface area (Å²) in [6.07, 6.45) is 0.635. The molecule has 0 saturated carbocycles. The highest BCUT2D eigenvalue weighted by atomic mass is 35.5. The maximum Gasteiger partial charge on any atom is 0.254 e. The highest BCUT2D eigenvalue weighted by molar-refractivity contribution is 6.30. The lowest BCUT2D eigenvalue weighted by molar-refractivity contribution is 0.0931. The van der Waals surface area contributed by atoms with Crippen molar-refractivity contribution in [1.82, 2.24) is 5.32 Å². The summed E-state index contributed by atoms with van der Waals surface area (Å²) in [5, 5.41) is 3.08. The van der Waals surface area contributed by atoms with E-state index in [0.29, 0.717) is 17.9 Å². The van der Waals surface area contributed by atoms with Crippen LogP contribution in [0.3, 0.4) is 0 Å². The molecule has 0 radical (unpaired) electrons. The monoisotopic (exact) mass is 351 g/mol. The van der Waals surface area contributed by atoms with E-state index in [4.69, 9.17) is 21.1 Å². The van der Waals surface area contributed by atoms with Crippen molar-refractivity contribution in [2.24, 2.45) is 0 Å². The molecule has 0 fully saturated rings. The van der Waals surface area contributed by atoms with Crippen LogP contribution in [0.25, 0.3) is 0 Å². The van der Waals surface area contributed by atoms with E-state index in [2.05, 4.69) is 5.32 Å². The molecule has 2 aromatic carbocycles. The first-order valence-electron chi connectivity index (χ1n) is 7.48. The van der Waals surface area contributed by atoms with Crippen molar-refractivity contribution in [3.8, 4) is 11.5 Å². The molecule has 24 heavy (non-hydrogen) atoms. The molecule has 4 nitrogen and oxygen atoms in total. The third-order valence-corrected chi connectivity index (χ3v) is 3.93. The summed E-state index contributed by atoms with van der Waals surface area (Å²) < 4.78 is 24.4. The van der Waals surface area contributed by atoms with Gasteiger partial charge < -0.3 is 14.8 Å². The topological polar surface area (TPSA) is 47.6 Å². The number of hydrogen-bond donors (Lipinski definition) is 1. The molecule has 0 bridgehead atoms. The van der Waals surface area contributed by atoms with Gasteiger partial charge in [-0.15, -0.1) is 0 Å². The van der Waals surface area contributed by atoms with Crippen LogP contribution in [-0.2, 0) is 0 Å². The summed E-state index contributed by atoms with van der Waals surface area (Å²) in [6, 6.07) is 9.09. The number of rotatable bonds is 6. The number of ether oxygens (including phenoxy) is 2. The van der Waals surface area contributed by atoms with Crippen LogP contribution in [0.15, 0.2) is 36.4 Å². The lowest BCUT2D eigenvalue weighted by Gasteiger charge is -2.19. The molecule has 0 saturated heterocycles. The highest BCUT2D eigenvalue weighted by Gasteiger charge is 2.18. The molecule has 1 amide bonds. The summed E-state index contributed by atoms with van der Waals surface area (Å²) in [7, 11) is 3.10. The average Bonchev–Trinajstić information content (AvgIpc) is 2.58. The van der Waals surface area contributed by atoms with Gasteiger partial charge in [0.25, 0.3) is 5.91 Å². The fraction of sp³-hybridized carbons (Fsp3) is 0.278. The third kappa shape index (κ3) is 3.97. The van der Waals surface area contributed by atoms with Crippen LogP contribution >= 0.6 is 11.6 Å². The van der Waals surface area contributed by atoms with E-state index in [1.165, 1.54) is 12.1 Å². The lowest BCUT2D eigenvalue weighted by atomic mass is 10.0. The predicted molar refractivity (Wildman–Crippen MR) is 91.5 cm³/mol. The fourth-order valence-corrected chi connectivity index (χ4v) is 2.56. The predicted octanol–water partition coefficient (Wildman–Crippen LogP) is 4.38. The first-order chi connectivity index (χ1) is 11.5. The van der Waals surface area contributed by atoms with Crippen molar-refractivity contribution in [3.63, 3.8) is 0 Å². The average molecular weight is 352 g/mol. The van der Waals surface area contributed by atoms with Gasteiger partial charge >= 0.3 is 0 Å². The molecule has 128 valence electrons. The quantitative estimate of drug-likeness (QED) is 0.840. The second kappa shape index (κ2) is 8.02. The number of halogens is 2. The molecule has 0 aliphatic carbocycles. The molecule has 1 N–H and O–H groups in total. The Morgan fingerprint density at radius 1 is 1.17 bits per heavy atom. The van der Waals surface area contributed by atoms with Crippen molar-refractivity contribution >= 4 is 17.5 Å². The van der Waals surface area contributed by atoms with Crippen molar-refractivity contribution in [3.05, 3.63) is 58.4 Å². The summed E-state index contributed by atoms with van der Waals surface area (Å²) in [5.41, 5.74) is 0.802. The van der Waals surface area contributed by atoms with Crippen LogP contribution in [0.2, 0.25) is 5.02 Å². The molecular formula is C18H19ClFNO3. The SMILES string of the molecule is CCC(NC(=O)c1ccc(Cl)cc1F)c1ccc(OC)c(OC)c1. The first-order valence-corrected chi connectivity index (χ1v) is 7.85. The zero-order chi connectivity index (χ0) is 17.7. The number of methoxy groups -OCH3 is 2. The molecule has 0 heterocycles. The Bertz CT molecular complexity index is 736. The van der Waals surface area contributed by atoms with Gasteiger partial charge in [0.2, 0.25) is 0 Å². The Labute approximate surface area is 145 Å². The van der Waals surface area contributed by atoms with Crippen LogP contribution in [0.4, 0.5) is 4.39 Å². The normalized spacial score (nSPS) is 11.7. The second-order valence-corrected chi connectivity index (χ2v) is 5.61. The van der Waals surface area contributed by atoms with Crippen molar-refractivity contribution in [1.29, 1.82) is 0 Å². The van der Waals surface area contributed by atoms with Crippen LogP contribution in [0.1, 0.15) is 35.3 Å². The molecule has 1 unspecified atom stereocenters. The molecule has 1 atom stereocenters. The largest absolute Gasteiger partial charge is 0.493 e. The van der Waals surface area contributed by atoms with Gasteiger partial charge in [0.1, 0.15) is 5.82 Å². The maximum atomic E-state index is 13.9. The zero-order valence-corrected chi connectivity index (χ0v) is 14.5. The highest BCUT2D eigenvalue weighted by Crippen LogP contribution is 2.31. The van der Waals surface area contributed by atoms with Gasteiger partial charge in [-0.05, 0) is 42.3 Å². The van der Waals surface area contributed by atoms with Gasteiger partial charge in [0, 0.05) is 5.02 Å². The standard InChI is InChI=1S/C18H19ClFNO3/c1-4-15(11-5-8-16(23-2)17(9-11)24-3)21-18(22)13-7-6-12(19)10-14(13)20/h5-10,15H,4H2,1-3H3,(H,21,22). The molecule has 0 aliphatic rings. The molecular weight excluding hydrogens is 333 g/mol. The molecule has 2 rings (SSSR count). The summed E-state index contributed by atoms with van der Waals surface area (Å²) in [4.78, 5) is 12.3. The number of carbonyl (C=O) groups excluding carboxylic acids is 1. The van der Waals surface area contributed by atoms with E-state index in [0.717, 1.165) is 11.6 Å². The molecule has 0 spiro atoms. The van der Waals surface area contributed by atoms with Crippen LogP contribution in [0.5, 0.6) is 11.5 Å². The lowest BCUT2D eigenvalue weighted by Crippen LogP contribution is -2.28. The Kier molecular flexibility index (Phi) is 6.04. The van der Waals surface area contributed by atoms with Crippen molar-refractivity contribution in [2.45, 2.75) is 19.4 Å². The van der Waals surface area contributed by atoms with Gasteiger partial charge in [0.05, 0.1) is 25.8 Å². The number of benzene rings is 2.